The molecule has 0 aliphatic carbocycles. The molecule has 0 saturated carbocycles. The first-order valence-electron chi connectivity index (χ1n) is 7.23. The van der Waals surface area contributed by atoms with Crippen LogP contribution < -0.4 is 9.47 Å². The van der Waals surface area contributed by atoms with Gasteiger partial charge in [0, 0.05) is 11.1 Å². The van der Waals surface area contributed by atoms with Gasteiger partial charge in [0.05, 0.1) is 19.9 Å². The first kappa shape index (κ1) is 16.9. The Bertz CT molecular complexity index is 727. The number of pyridine rings is 1. The van der Waals surface area contributed by atoms with Gasteiger partial charge < -0.3 is 9.47 Å². The topological polar surface area (TPSA) is 31.4 Å². The zero-order valence-corrected chi connectivity index (χ0v) is 13.6. The van der Waals surface area contributed by atoms with Gasteiger partial charge in [-0.2, -0.15) is 4.39 Å². The molecule has 0 spiro atoms. The molecule has 0 aliphatic heterocycles. The largest absolute Gasteiger partial charge is 0.496 e. The van der Waals surface area contributed by atoms with E-state index in [9.17, 15) is 8.78 Å². The maximum Gasteiger partial charge on any atom is 0.213 e. The second-order valence-corrected chi connectivity index (χ2v) is 5.30. The van der Waals surface area contributed by atoms with Crippen LogP contribution in [0, 0.1) is 11.8 Å². The second kappa shape index (κ2) is 7.22. The number of benzene rings is 1. The summed E-state index contributed by atoms with van der Waals surface area (Å²) in [6.45, 7) is 3.87. The monoisotopic (exact) mass is 319 g/mol. The van der Waals surface area contributed by atoms with Crippen molar-refractivity contribution in [2.45, 2.75) is 19.8 Å². The molecule has 1 aromatic heterocycles. The van der Waals surface area contributed by atoms with Gasteiger partial charge in [0.1, 0.15) is 5.75 Å². The highest BCUT2D eigenvalue weighted by Gasteiger charge is 2.21. The van der Waals surface area contributed by atoms with Crippen molar-refractivity contribution in [1.29, 1.82) is 0 Å². The van der Waals surface area contributed by atoms with Gasteiger partial charge in [0.15, 0.2) is 11.6 Å². The van der Waals surface area contributed by atoms with Crippen molar-refractivity contribution in [3.8, 4) is 11.5 Å². The van der Waals surface area contributed by atoms with Crippen LogP contribution in [0.15, 0.2) is 24.3 Å². The van der Waals surface area contributed by atoms with E-state index in [4.69, 9.17) is 9.47 Å². The Morgan fingerprint density at radius 3 is 2.39 bits per heavy atom. The van der Waals surface area contributed by atoms with Crippen molar-refractivity contribution in [2.24, 2.45) is 0 Å². The molecule has 23 heavy (non-hydrogen) atoms. The third kappa shape index (κ3) is 3.67. The Hall–Kier alpha value is -2.43. The molecule has 0 bridgehead atoms. The standard InChI is InChI=1S/C18H19F2NO2/c1-11(2)16-14(22-3)10-12(17(20)18(16)23-4)8-9-13-6-5-7-15(19)21-13/h5-11H,1-4H3. The molecule has 0 N–H and O–H groups in total. The van der Waals surface area contributed by atoms with Crippen LogP contribution in [-0.4, -0.2) is 19.2 Å². The Morgan fingerprint density at radius 2 is 1.83 bits per heavy atom. The fourth-order valence-electron chi connectivity index (χ4n) is 2.37. The summed E-state index contributed by atoms with van der Waals surface area (Å²) in [6.07, 6.45) is 3.06. The summed E-state index contributed by atoms with van der Waals surface area (Å²) in [5.41, 5.74) is 1.36. The highest BCUT2D eigenvalue weighted by molar-refractivity contribution is 5.71. The number of ether oxygens (including phenoxy) is 2. The van der Waals surface area contributed by atoms with Crippen molar-refractivity contribution in [1.82, 2.24) is 4.98 Å². The molecule has 0 atom stereocenters. The van der Waals surface area contributed by atoms with Gasteiger partial charge >= 0.3 is 0 Å². The van der Waals surface area contributed by atoms with Gasteiger partial charge in [-0.3, -0.25) is 0 Å². The third-order valence-electron chi connectivity index (χ3n) is 3.42. The van der Waals surface area contributed by atoms with E-state index >= 15 is 0 Å². The molecule has 3 nitrogen and oxygen atoms in total. The fourth-order valence-corrected chi connectivity index (χ4v) is 2.37. The number of halogens is 2. The quantitative estimate of drug-likeness (QED) is 0.750. The van der Waals surface area contributed by atoms with Crippen molar-refractivity contribution >= 4 is 12.2 Å². The van der Waals surface area contributed by atoms with E-state index in [0.717, 1.165) is 0 Å². The van der Waals surface area contributed by atoms with Crippen LogP contribution >= 0.6 is 0 Å². The van der Waals surface area contributed by atoms with Crippen LogP contribution in [0.4, 0.5) is 8.78 Å². The smallest absolute Gasteiger partial charge is 0.213 e. The van der Waals surface area contributed by atoms with Crippen LogP contribution in [0.3, 0.4) is 0 Å². The van der Waals surface area contributed by atoms with Crippen LogP contribution in [0.5, 0.6) is 11.5 Å². The van der Waals surface area contributed by atoms with Gasteiger partial charge in [-0.15, -0.1) is 0 Å². The van der Waals surface area contributed by atoms with Crippen molar-refractivity contribution < 1.29 is 18.3 Å². The van der Waals surface area contributed by atoms with E-state index in [2.05, 4.69) is 4.98 Å². The molecular weight excluding hydrogens is 300 g/mol. The van der Waals surface area contributed by atoms with Crippen LogP contribution in [0.1, 0.15) is 36.6 Å². The summed E-state index contributed by atoms with van der Waals surface area (Å²) in [5.74, 6) is -0.323. The average Bonchev–Trinajstić information content (AvgIpc) is 2.53. The fraction of sp³-hybridized carbons (Fsp3) is 0.278. The predicted molar refractivity (Wildman–Crippen MR) is 86.7 cm³/mol. The van der Waals surface area contributed by atoms with E-state index in [1.807, 2.05) is 13.8 Å². The van der Waals surface area contributed by atoms with E-state index in [-0.39, 0.29) is 17.2 Å². The summed E-state index contributed by atoms with van der Waals surface area (Å²) in [5, 5.41) is 0. The lowest BCUT2D eigenvalue weighted by atomic mass is 9.97. The predicted octanol–water partition coefficient (Wildman–Crippen LogP) is 4.67. The number of rotatable bonds is 5. The third-order valence-corrected chi connectivity index (χ3v) is 3.42. The molecule has 0 saturated heterocycles. The highest BCUT2D eigenvalue weighted by atomic mass is 19.1. The van der Waals surface area contributed by atoms with Crippen LogP contribution in [-0.2, 0) is 0 Å². The Balaban J connectivity index is 2.51. The second-order valence-electron chi connectivity index (χ2n) is 5.30. The number of nitrogens with zero attached hydrogens (tertiary/aromatic N) is 1. The summed E-state index contributed by atoms with van der Waals surface area (Å²) >= 11 is 0. The molecule has 2 aromatic rings. The van der Waals surface area contributed by atoms with E-state index in [1.165, 1.54) is 32.4 Å². The normalized spacial score (nSPS) is 11.3. The van der Waals surface area contributed by atoms with Crippen LogP contribution in [0.25, 0.3) is 12.2 Å². The van der Waals surface area contributed by atoms with Gasteiger partial charge in [-0.25, -0.2) is 9.37 Å². The molecule has 0 radical (unpaired) electrons. The molecule has 0 amide bonds. The maximum atomic E-state index is 14.7. The Labute approximate surface area is 134 Å². The van der Waals surface area contributed by atoms with Crippen molar-refractivity contribution in [2.75, 3.05) is 14.2 Å². The Kier molecular flexibility index (Phi) is 5.32. The summed E-state index contributed by atoms with van der Waals surface area (Å²) in [7, 11) is 2.95. The SMILES string of the molecule is COc1cc(C=Cc2cccc(F)n2)c(F)c(OC)c1C(C)C. The number of hydrogen-bond donors (Lipinski definition) is 0. The Morgan fingerprint density at radius 1 is 1.09 bits per heavy atom. The van der Waals surface area contributed by atoms with E-state index in [0.29, 0.717) is 17.0 Å². The minimum absolute atomic E-state index is 0.0392. The van der Waals surface area contributed by atoms with Gasteiger partial charge in [-0.1, -0.05) is 19.9 Å². The molecule has 122 valence electrons. The lowest BCUT2D eigenvalue weighted by molar-refractivity contribution is 0.362. The zero-order valence-electron chi connectivity index (χ0n) is 13.6. The van der Waals surface area contributed by atoms with Gasteiger partial charge in [0.2, 0.25) is 5.95 Å². The van der Waals surface area contributed by atoms with Gasteiger partial charge in [-0.05, 0) is 36.3 Å². The molecule has 5 heteroatoms. The summed E-state index contributed by atoms with van der Waals surface area (Å²) in [6, 6.07) is 6.03. The van der Waals surface area contributed by atoms with E-state index < -0.39 is 11.8 Å². The molecule has 0 aliphatic rings. The number of methoxy groups -OCH3 is 2. The molecule has 0 unspecified atom stereocenters. The zero-order chi connectivity index (χ0) is 17.0. The van der Waals surface area contributed by atoms with Crippen LogP contribution in [0.2, 0.25) is 0 Å². The van der Waals surface area contributed by atoms with Gasteiger partial charge in [0.25, 0.3) is 0 Å². The number of hydrogen-bond acceptors (Lipinski definition) is 3. The molecule has 1 heterocycles. The lowest BCUT2D eigenvalue weighted by Crippen LogP contribution is -2.03. The molecule has 1 aromatic carbocycles. The first-order chi connectivity index (χ1) is 11.0. The minimum Gasteiger partial charge on any atom is -0.496 e. The average molecular weight is 319 g/mol. The van der Waals surface area contributed by atoms with Crippen molar-refractivity contribution in [3.63, 3.8) is 0 Å². The lowest BCUT2D eigenvalue weighted by Gasteiger charge is -2.18. The maximum absolute atomic E-state index is 14.7. The highest BCUT2D eigenvalue weighted by Crippen LogP contribution is 2.39. The molecule has 0 fully saturated rings. The minimum atomic E-state index is -0.585. The summed E-state index contributed by atoms with van der Waals surface area (Å²) < 4.78 is 38.3. The summed E-state index contributed by atoms with van der Waals surface area (Å²) in [4.78, 5) is 3.71. The molecular formula is C18H19F2NO2. The van der Waals surface area contributed by atoms with Crippen molar-refractivity contribution in [3.05, 3.63) is 52.9 Å². The number of aromatic nitrogens is 1. The van der Waals surface area contributed by atoms with E-state index in [1.54, 1.807) is 18.2 Å². The molecule has 2 rings (SSSR count). The first-order valence-corrected chi connectivity index (χ1v) is 7.23.